The number of amidine groups is 1. The zero-order valence-corrected chi connectivity index (χ0v) is 8.88. The molecule has 0 aromatic rings. The molecule has 0 saturated heterocycles. The van der Waals surface area contributed by atoms with Crippen LogP contribution >= 0.6 is 0 Å². The first-order valence-corrected chi connectivity index (χ1v) is 5.12. The SMILES string of the molecule is CC(C)CN(C1CC1)C(C)C(=N)N. The number of rotatable bonds is 5. The van der Waals surface area contributed by atoms with Crippen molar-refractivity contribution in [1.82, 2.24) is 4.90 Å². The van der Waals surface area contributed by atoms with E-state index in [1.54, 1.807) is 0 Å². The van der Waals surface area contributed by atoms with E-state index in [9.17, 15) is 0 Å². The average Bonchev–Trinajstić information content (AvgIpc) is 2.80. The number of nitrogens with two attached hydrogens (primary N) is 1. The van der Waals surface area contributed by atoms with Crippen LogP contribution in [0.15, 0.2) is 0 Å². The molecule has 1 unspecified atom stereocenters. The van der Waals surface area contributed by atoms with Gasteiger partial charge in [-0.05, 0) is 25.7 Å². The minimum Gasteiger partial charge on any atom is -0.386 e. The van der Waals surface area contributed by atoms with Crippen molar-refractivity contribution in [3.63, 3.8) is 0 Å². The van der Waals surface area contributed by atoms with Gasteiger partial charge in [0, 0.05) is 12.6 Å². The first-order valence-electron chi connectivity index (χ1n) is 5.12. The molecule has 0 aromatic carbocycles. The van der Waals surface area contributed by atoms with E-state index in [-0.39, 0.29) is 6.04 Å². The average molecular weight is 183 g/mol. The first-order chi connectivity index (χ1) is 6.02. The van der Waals surface area contributed by atoms with Gasteiger partial charge in [-0.2, -0.15) is 0 Å². The molecule has 13 heavy (non-hydrogen) atoms. The summed E-state index contributed by atoms with van der Waals surface area (Å²) in [5.74, 6) is 0.954. The van der Waals surface area contributed by atoms with Crippen LogP contribution in [0.4, 0.5) is 0 Å². The summed E-state index contributed by atoms with van der Waals surface area (Å²) in [5.41, 5.74) is 5.52. The van der Waals surface area contributed by atoms with E-state index in [1.807, 2.05) is 6.92 Å². The molecule has 1 aliphatic carbocycles. The van der Waals surface area contributed by atoms with Crippen LogP contribution in [-0.2, 0) is 0 Å². The maximum absolute atomic E-state index is 7.43. The third-order valence-corrected chi connectivity index (χ3v) is 2.54. The summed E-state index contributed by atoms with van der Waals surface area (Å²) in [6, 6.07) is 0.816. The van der Waals surface area contributed by atoms with Crippen molar-refractivity contribution in [2.24, 2.45) is 11.7 Å². The highest BCUT2D eigenvalue weighted by Gasteiger charge is 2.33. The van der Waals surface area contributed by atoms with Crippen molar-refractivity contribution in [3.05, 3.63) is 0 Å². The molecule has 0 heterocycles. The van der Waals surface area contributed by atoms with E-state index in [1.165, 1.54) is 12.8 Å². The van der Waals surface area contributed by atoms with E-state index in [4.69, 9.17) is 11.1 Å². The monoisotopic (exact) mass is 183 g/mol. The van der Waals surface area contributed by atoms with Gasteiger partial charge in [0.2, 0.25) is 0 Å². The fraction of sp³-hybridized carbons (Fsp3) is 0.900. The number of nitrogens with zero attached hydrogens (tertiary/aromatic N) is 1. The third kappa shape index (κ3) is 2.99. The van der Waals surface area contributed by atoms with Crippen LogP contribution < -0.4 is 5.73 Å². The molecule has 0 aliphatic heterocycles. The molecule has 1 aliphatic rings. The maximum Gasteiger partial charge on any atom is 0.108 e. The van der Waals surface area contributed by atoms with E-state index in [2.05, 4.69) is 18.7 Å². The molecule has 1 atom stereocenters. The molecule has 3 N–H and O–H groups in total. The Balaban J connectivity index is 2.50. The molecular weight excluding hydrogens is 162 g/mol. The summed E-state index contributed by atoms with van der Waals surface area (Å²) < 4.78 is 0. The lowest BCUT2D eigenvalue weighted by molar-refractivity contribution is 0.214. The first kappa shape index (κ1) is 10.5. The van der Waals surface area contributed by atoms with Crippen LogP contribution in [0.3, 0.4) is 0 Å². The summed E-state index contributed by atoms with van der Waals surface area (Å²) in [6.45, 7) is 7.51. The van der Waals surface area contributed by atoms with Gasteiger partial charge in [0.15, 0.2) is 0 Å². The summed E-state index contributed by atoms with van der Waals surface area (Å²) in [5, 5.41) is 7.43. The highest BCUT2D eigenvalue weighted by atomic mass is 15.2. The fourth-order valence-electron chi connectivity index (χ4n) is 1.63. The Hall–Kier alpha value is -0.570. The second-order valence-electron chi connectivity index (χ2n) is 4.45. The molecule has 1 rings (SSSR count). The Kier molecular flexibility index (Phi) is 3.31. The fourth-order valence-corrected chi connectivity index (χ4v) is 1.63. The van der Waals surface area contributed by atoms with E-state index >= 15 is 0 Å². The van der Waals surface area contributed by atoms with Crippen molar-refractivity contribution < 1.29 is 0 Å². The molecule has 0 spiro atoms. The minimum absolute atomic E-state index is 0.120. The molecule has 0 bridgehead atoms. The number of hydrogen-bond donors (Lipinski definition) is 2. The number of hydrogen-bond acceptors (Lipinski definition) is 2. The number of nitrogens with one attached hydrogen (secondary N) is 1. The second-order valence-corrected chi connectivity index (χ2v) is 4.45. The van der Waals surface area contributed by atoms with Gasteiger partial charge in [-0.3, -0.25) is 10.3 Å². The molecule has 3 heteroatoms. The predicted octanol–water partition coefficient (Wildman–Crippen LogP) is 1.43. The summed E-state index contributed by atoms with van der Waals surface area (Å²) in [7, 11) is 0. The molecular formula is C10H21N3. The van der Waals surface area contributed by atoms with Gasteiger partial charge >= 0.3 is 0 Å². The van der Waals surface area contributed by atoms with Crippen molar-refractivity contribution in [1.29, 1.82) is 5.41 Å². The standard InChI is InChI=1S/C10H21N3/c1-7(2)6-13(9-4-5-9)8(3)10(11)12/h7-9H,4-6H2,1-3H3,(H3,11,12). The zero-order chi connectivity index (χ0) is 10.0. The molecule has 0 radical (unpaired) electrons. The van der Waals surface area contributed by atoms with Crippen LogP contribution in [-0.4, -0.2) is 29.4 Å². The van der Waals surface area contributed by atoms with E-state index < -0.39 is 0 Å². The lowest BCUT2D eigenvalue weighted by Gasteiger charge is -2.29. The van der Waals surface area contributed by atoms with Crippen LogP contribution in [0.1, 0.15) is 33.6 Å². The smallest absolute Gasteiger partial charge is 0.108 e. The largest absolute Gasteiger partial charge is 0.386 e. The van der Waals surface area contributed by atoms with Crippen LogP contribution in [0.2, 0.25) is 0 Å². The Morgan fingerprint density at radius 1 is 1.46 bits per heavy atom. The van der Waals surface area contributed by atoms with Gasteiger partial charge in [-0.15, -0.1) is 0 Å². The molecule has 1 saturated carbocycles. The topological polar surface area (TPSA) is 53.1 Å². The Morgan fingerprint density at radius 2 is 2.00 bits per heavy atom. The lowest BCUT2D eigenvalue weighted by atomic mass is 10.1. The Labute approximate surface area is 80.8 Å². The third-order valence-electron chi connectivity index (χ3n) is 2.54. The van der Waals surface area contributed by atoms with Crippen molar-refractivity contribution >= 4 is 5.84 Å². The van der Waals surface area contributed by atoms with Crippen LogP contribution in [0.25, 0.3) is 0 Å². The van der Waals surface area contributed by atoms with Gasteiger partial charge in [0.1, 0.15) is 5.84 Å². The highest BCUT2D eigenvalue weighted by Crippen LogP contribution is 2.29. The van der Waals surface area contributed by atoms with Crippen molar-refractivity contribution in [3.8, 4) is 0 Å². The molecule has 1 fully saturated rings. The van der Waals surface area contributed by atoms with Gasteiger partial charge in [0.05, 0.1) is 6.04 Å². The van der Waals surface area contributed by atoms with E-state index in [0.29, 0.717) is 17.8 Å². The van der Waals surface area contributed by atoms with Gasteiger partial charge in [0.25, 0.3) is 0 Å². The molecule has 76 valence electrons. The summed E-state index contributed by atoms with van der Waals surface area (Å²) in [6.07, 6.45) is 2.56. The van der Waals surface area contributed by atoms with Gasteiger partial charge in [-0.1, -0.05) is 13.8 Å². The predicted molar refractivity (Wildman–Crippen MR) is 55.9 cm³/mol. The quantitative estimate of drug-likeness (QED) is 0.500. The van der Waals surface area contributed by atoms with Gasteiger partial charge < -0.3 is 5.73 Å². The summed E-state index contributed by atoms with van der Waals surface area (Å²) >= 11 is 0. The molecule has 0 amide bonds. The maximum atomic E-state index is 7.43. The minimum atomic E-state index is 0.120. The van der Waals surface area contributed by atoms with Crippen molar-refractivity contribution in [2.45, 2.75) is 45.7 Å². The van der Waals surface area contributed by atoms with Crippen LogP contribution in [0, 0.1) is 11.3 Å². The summed E-state index contributed by atoms with van der Waals surface area (Å²) in [4.78, 5) is 2.37. The molecule has 3 nitrogen and oxygen atoms in total. The highest BCUT2D eigenvalue weighted by molar-refractivity contribution is 5.82. The Morgan fingerprint density at radius 3 is 2.31 bits per heavy atom. The van der Waals surface area contributed by atoms with Gasteiger partial charge in [-0.25, -0.2) is 0 Å². The lowest BCUT2D eigenvalue weighted by Crippen LogP contribution is -2.45. The van der Waals surface area contributed by atoms with Crippen LogP contribution in [0.5, 0.6) is 0 Å². The van der Waals surface area contributed by atoms with E-state index in [0.717, 1.165) is 6.54 Å². The zero-order valence-electron chi connectivity index (χ0n) is 8.88. The second kappa shape index (κ2) is 4.09. The van der Waals surface area contributed by atoms with Crippen molar-refractivity contribution in [2.75, 3.05) is 6.54 Å². The normalized spacial score (nSPS) is 19.5. The Bertz CT molecular complexity index is 185. The molecule has 0 aromatic heterocycles.